The molecule has 0 aliphatic carbocycles. The van der Waals surface area contributed by atoms with Crippen LogP contribution >= 0.6 is 11.3 Å². The fraction of sp³-hybridized carbons (Fsp3) is 0.615. The predicted octanol–water partition coefficient (Wildman–Crippen LogP) is 1.87. The Morgan fingerprint density at radius 1 is 1.56 bits per heavy atom. The van der Waals surface area contributed by atoms with Crippen LogP contribution in [0.1, 0.15) is 18.7 Å². The third-order valence-corrected chi connectivity index (χ3v) is 3.41. The summed E-state index contributed by atoms with van der Waals surface area (Å²) in [6.45, 7) is 5.58. The van der Waals surface area contributed by atoms with Gasteiger partial charge in [0.2, 0.25) is 0 Å². The maximum atomic E-state index is 5.81. The molecular weight excluding hydrogens is 246 g/mol. The van der Waals surface area contributed by atoms with E-state index in [1.165, 1.54) is 4.88 Å². The fourth-order valence-corrected chi connectivity index (χ4v) is 2.55. The molecule has 102 valence electrons. The Morgan fingerprint density at radius 2 is 2.33 bits per heavy atom. The van der Waals surface area contributed by atoms with Gasteiger partial charge in [-0.3, -0.25) is 4.99 Å². The summed E-state index contributed by atoms with van der Waals surface area (Å²) < 4.78 is 5.03. The monoisotopic (exact) mass is 269 g/mol. The number of hydrogen-bond acceptors (Lipinski definition) is 3. The SMILES string of the molecule is COCC(C)NC(N)=NCC(C)Cc1cccs1. The first-order valence-corrected chi connectivity index (χ1v) is 7.07. The number of nitrogens with zero attached hydrogens (tertiary/aromatic N) is 1. The maximum Gasteiger partial charge on any atom is 0.188 e. The second-order valence-electron chi connectivity index (χ2n) is 4.62. The van der Waals surface area contributed by atoms with Crippen LogP contribution in [0.15, 0.2) is 22.5 Å². The average Bonchev–Trinajstić information content (AvgIpc) is 2.79. The van der Waals surface area contributed by atoms with Gasteiger partial charge < -0.3 is 15.8 Å². The first kappa shape index (κ1) is 15.0. The highest BCUT2D eigenvalue weighted by Crippen LogP contribution is 2.14. The van der Waals surface area contributed by atoms with E-state index in [1.807, 2.05) is 6.92 Å². The van der Waals surface area contributed by atoms with Crippen molar-refractivity contribution in [1.29, 1.82) is 0 Å². The van der Waals surface area contributed by atoms with Crippen molar-refractivity contribution in [1.82, 2.24) is 5.32 Å². The van der Waals surface area contributed by atoms with Crippen LogP contribution in [0.2, 0.25) is 0 Å². The molecule has 0 aliphatic heterocycles. The predicted molar refractivity (Wildman–Crippen MR) is 78.2 cm³/mol. The van der Waals surface area contributed by atoms with E-state index in [4.69, 9.17) is 10.5 Å². The Kier molecular flexibility index (Phi) is 6.75. The summed E-state index contributed by atoms with van der Waals surface area (Å²) in [6.07, 6.45) is 1.06. The largest absolute Gasteiger partial charge is 0.383 e. The van der Waals surface area contributed by atoms with Crippen LogP contribution in [0.5, 0.6) is 0 Å². The van der Waals surface area contributed by atoms with Gasteiger partial charge in [-0.15, -0.1) is 11.3 Å². The van der Waals surface area contributed by atoms with Crippen LogP contribution in [0.3, 0.4) is 0 Å². The lowest BCUT2D eigenvalue weighted by Gasteiger charge is -2.14. The summed E-state index contributed by atoms with van der Waals surface area (Å²) in [5, 5.41) is 5.21. The molecule has 1 rings (SSSR count). The lowest BCUT2D eigenvalue weighted by atomic mass is 10.1. The van der Waals surface area contributed by atoms with Crippen molar-refractivity contribution >= 4 is 17.3 Å². The molecule has 1 aromatic heterocycles. The first-order chi connectivity index (χ1) is 8.61. The molecule has 3 N–H and O–H groups in total. The number of rotatable bonds is 7. The van der Waals surface area contributed by atoms with Gasteiger partial charge in [0.1, 0.15) is 0 Å². The van der Waals surface area contributed by atoms with Gasteiger partial charge in [-0.1, -0.05) is 13.0 Å². The Labute approximate surface area is 113 Å². The van der Waals surface area contributed by atoms with Crippen molar-refractivity contribution < 1.29 is 4.74 Å². The van der Waals surface area contributed by atoms with Crippen LogP contribution in [-0.2, 0) is 11.2 Å². The first-order valence-electron chi connectivity index (χ1n) is 6.19. The molecule has 4 nitrogen and oxygen atoms in total. The molecule has 2 unspecified atom stereocenters. The quantitative estimate of drug-likeness (QED) is 0.587. The molecule has 0 aliphatic rings. The van der Waals surface area contributed by atoms with Crippen LogP contribution < -0.4 is 11.1 Å². The Balaban J connectivity index is 2.29. The number of guanidine groups is 1. The zero-order chi connectivity index (χ0) is 13.4. The van der Waals surface area contributed by atoms with Crippen LogP contribution in [0.4, 0.5) is 0 Å². The van der Waals surface area contributed by atoms with Crippen molar-refractivity contribution in [3.05, 3.63) is 22.4 Å². The Hall–Kier alpha value is -1.07. The van der Waals surface area contributed by atoms with Gasteiger partial charge >= 0.3 is 0 Å². The molecule has 0 saturated heterocycles. The van der Waals surface area contributed by atoms with Crippen molar-refractivity contribution in [2.75, 3.05) is 20.3 Å². The third kappa shape index (κ3) is 6.02. The third-order valence-electron chi connectivity index (χ3n) is 2.51. The highest BCUT2D eigenvalue weighted by molar-refractivity contribution is 7.09. The second kappa shape index (κ2) is 8.11. The van der Waals surface area contributed by atoms with Crippen LogP contribution in [-0.4, -0.2) is 32.3 Å². The van der Waals surface area contributed by atoms with E-state index >= 15 is 0 Å². The number of methoxy groups -OCH3 is 1. The summed E-state index contributed by atoms with van der Waals surface area (Å²) in [4.78, 5) is 5.76. The molecule has 0 bridgehead atoms. The molecule has 0 fully saturated rings. The van der Waals surface area contributed by atoms with Crippen molar-refractivity contribution in [3.8, 4) is 0 Å². The molecule has 1 aromatic rings. The summed E-state index contributed by atoms with van der Waals surface area (Å²) >= 11 is 1.79. The minimum Gasteiger partial charge on any atom is -0.383 e. The molecule has 5 heteroatoms. The van der Waals surface area contributed by atoms with Gasteiger partial charge in [0.25, 0.3) is 0 Å². The minimum absolute atomic E-state index is 0.186. The topological polar surface area (TPSA) is 59.6 Å². The molecule has 0 spiro atoms. The van der Waals surface area contributed by atoms with E-state index in [1.54, 1.807) is 18.4 Å². The standard InChI is InChI=1S/C13H23N3OS/c1-10(7-12-5-4-6-18-12)8-15-13(14)16-11(2)9-17-3/h4-6,10-11H,7-9H2,1-3H3,(H3,14,15,16). The molecule has 0 saturated carbocycles. The number of aliphatic imine (C=N–C) groups is 1. The number of ether oxygens (including phenoxy) is 1. The van der Waals surface area contributed by atoms with E-state index in [-0.39, 0.29) is 6.04 Å². The molecule has 0 amide bonds. The molecule has 1 heterocycles. The van der Waals surface area contributed by atoms with Crippen molar-refractivity contribution in [2.24, 2.45) is 16.6 Å². The van der Waals surface area contributed by atoms with Crippen LogP contribution in [0.25, 0.3) is 0 Å². The molecule has 0 aromatic carbocycles. The van der Waals surface area contributed by atoms with Gasteiger partial charge in [-0.05, 0) is 30.7 Å². The average molecular weight is 269 g/mol. The normalized spacial score (nSPS) is 15.4. The van der Waals surface area contributed by atoms with Crippen molar-refractivity contribution in [2.45, 2.75) is 26.3 Å². The lowest BCUT2D eigenvalue weighted by Crippen LogP contribution is -2.41. The Morgan fingerprint density at radius 3 is 2.94 bits per heavy atom. The van der Waals surface area contributed by atoms with E-state index < -0.39 is 0 Å². The summed E-state index contributed by atoms with van der Waals surface area (Å²) in [5.41, 5.74) is 5.81. The van der Waals surface area contributed by atoms with Crippen LogP contribution in [0, 0.1) is 5.92 Å². The van der Waals surface area contributed by atoms with Gasteiger partial charge in [0, 0.05) is 24.6 Å². The second-order valence-corrected chi connectivity index (χ2v) is 5.65. The summed E-state index contributed by atoms with van der Waals surface area (Å²) in [6, 6.07) is 4.43. The highest BCUT2D eigenvalue weighted by atomic mass is 32.1. The zero-order valence-corrected chi connectivity index (χ0v) is 12.2. The Bertz CT molecular complexity index is 351. The number of thiophene rings is 1. The zero-order valence-electron chi connectivity index (χ0n) is 11.3. The van der Waals surface area contributed by atoms with E-state index in [9.17, 15) is 0 Å². The maximum absolute atomic E-state index is 5.81. The molecule has 0 radical (unpaired) electrons. The number of nitrogens with two attached hydrogens (primary N) is 1. The smallest absolute Gasteiger partial charge is 0.188 e. The lowest BCUT2D eigenvalue weighted by molar-refractivity contribution is 0.179. The molecule has 2 atom stereocenters. The summed E-state index contributed by atoms with van der Waals surface area (Å²) in [7, 11) is 1.68. The summed E-state index contributed by atoms with van der Waals surface area (Å²) in [5.74, 6) is 0.999. The van der Waals surface area contributed by atoms with E-state index in [0.717, 1.165) is 13.0 Å². The fourth-order valence-electron chi connectivity index (χ4n) is 1.68. The van der Waals surface area contributed by atoms with Gasteiger partial charge in [0.15, 0.2) is 5.96 Å². The minimum atomic E-state index is 0.186. The number of nitrogens with one attached hydrogen (secondary N) is 1. The van der Waals surface area contributed by atoms with E-state index in [0.29, 0.717) is 18.5 Å². The molecular formula is C13H23N3OS. The van der Waals surface area contributed by atoms with E-state index in [2.05, 4.69) is 34.7 Å². The van der Waals surface area contributed by atoms with Crippen molar-refractivity contribution in [3.63, 3.8) is 0 Å². The van der Waals surface area contributed by atoms with Gasteiger partial charge in [0.05, 0.1) is 6.61 Å². The van der Waals surface area contributed by atoms with Gasteiger partial charge in [-0.25, -0.2) is 0 Å². The van der Waals surface area contributed by atoms with Gasteiger partial charge in [-0.2, -0.15) is 0 Å². The highest BCUT2D eigenvalue weighted by Gasteiger charge is 2.05. The number of hydrogen-bond donors (Lipinski definition) is 2. The molecule has 18 heavy (non-hydrogen) atoms.